The molecule has 2 aliphatic heterocycles. The molecule has 3 heterocycles. The number of likely N-dealkylation sites (tertiary alicyclic amines) is 1. The van der Waals surface area contributed by atoms with Crippen molar-refractivity contribution in [1.29, 1.82) is 0 Å². The molecule has 0 bridgehead atoms. The van der Waals surface area contributed by atoms with Crippen LogP contribution in [0.15, 0.2) is 24.3 Å². The Hall–Kier alpha value is -2.12. The number of nitrogens with zero attached hydrogens (tertiary/aromatic N) is 4. The number of hydrogen-bond donors (Lipinski definition) is 0. The molecular weight excluding hydrogens is 432 g/mol. The summed E-state index contributed by atoms with van der Waals surface area (Å²) in [6.45, 7) is 8.35. The van der Waals surface area contributed by atoms with Gasteiger partial charge in [-0.15, -0.1) is 10.2 Å². The summed E-state index contributed by atoms with van der Waals surface area (Å²) in [6.07, 6.45) is 7.79. The van der Waals surface area contributed by atoms with Crippen LogP contribution in [0.1, 0.15) is 79.2 Å². The fraction of sp³-hybridized carbons (Fsp3) is 0.615. The van der Waals surface area contributed by atoms with E-state index in [1.165, 1.54) is 49.3 Å². The zero-order valence-electron chi connectivity index (χ0n) is 20.0. The number of carbonyl (C=O) groups is 2. The maximum atomic E-state index is 12.8. The zero-order valence-corrected chi connectivity index (χ0v) is 20.8. The Morgan fingerprint density at radius 2 is 1.91 bits per heavy atom. The highest BCUT2D eigenvalue weighted by molar-refractivity contribution is 7.13. The topological polar surface area (TPSA) is 66.4 Å². The Labute approximate surface area is 201 Å². The molecule has 7 heteroatoms. The van der Waals surface area contributed by atoms with Crippen LogP contribution in [0.2, 0.25) is 0 Å². The zero-order chi connectivity index (χ0) is 23.2. The predicted octanol–water partition coefficient (Wildman–Crippen LogP) is 5.13. The molecule has 178 valence electrons. The lowest BCUT2D eigenvalue weighted by atomic mass is 10.0. The van der Waals surface area contributed by atoms with E-state index < -0.39 is 0 Å². The van der Waals surface area contributed by atoms with Gasteiger partial charge in [0, 0.05) is 38.0 Å². The Morgan fingerprint density at radius 3 is 2.64 bits per heavy atom. The molecule has 6 nitrogen and oxygen atoms in total. The summed E-state index contributed by atoms with van der Waals surface area (Å²) >= 11 is 1.42. The number of Topliss-reactive ketones (excluding diaryl/α,β-unsaturated/α-hetero) is 1. The highest BCUT2D eigenvalue weighted by Crippen LogP contribution is 2.29. The van der Waals surface area contributed by atoms with Gasteiger partial charge in [-0.25, -0.2) is 0 Å². The van der Waals surface area contributed by atoms with Crippen LogP contribution in [-0.2, 0) is 17.8 Å². The van der Waals surface area contributed by atoms with Crippen LogP contribution >= 0.6 is 11.3 Å². The Kier molecular flexibility index (Phi) is 8.25. The number of benzene rings is 1. The van der Waals surface area contributed by atoms with Gasteiger partial charge in [0.15, 0.2) is 10.8 Å². The Bertz CT molecular complexity index is 936. The second kappa shape index (κ2) is 11.3. The maximum absolute atomic E-state index is 12.8. The van der Waals surface area contributed by atoms with Crippen molar-refractivity contribution in [3.05, 3.63) is 39.8 Å². The van der Waals surface area contributed by atoms with Gasteiger partial charge in [0.05, 0.1) is 0 Å². The van der Waals surface area contributed by atoms with E-state index in [4.69, 9.17) is 0 Å². The average Bonchev–Trinajstić information content (AvgIpc) is 3.45. The Morgan fingerprint density at radius 1 is 1.15 bits per heavy atom. The number of rotatable bonds is 10. The van der Waals surface area contributed by atoms with Crippen LogP contribution in [-0.4, -0.2) is 46.4 Å². The molecule has 0 N–H and O–H groups in total. The lowest BCUT2D eigenvalue weighted by molar-refractivity contribution is -0.117. The van der Waals surface area contributed by atoms with Gasteiger partial charge in [-0.05, 0) is 61.9 Å². The minimum atomic E-state index is 0.0128. The summed E-state index contributed by atoms with van der Waals surface area (Å²) in [7, 11) is 0. The molecular formula is C26H36N4O2S. The van der Waals surface area contributed by atoms with Crippen molar-refractivity contribution < 1.29 is 9.59 Å². The summed E-state index contributed by atoms with van der Waals surface area (Å²) < 4.78 is 0. The van der Waals surface area contributed by atoms with Crippen molar-refractivity contribution in [2.75, 3.05) is 24.5 Å². The first-order valence-electron chi connectivity index (χ1n) is 12.5. The van der Waals surface area contributed by atoms with E-state index in [1.54, 1.807) is 0 Å². The van der Waals surface area contributed by atoms with Crippen molar-refractivity contribution in [1.82, 2.24) is 15.1 Å². The largest absolute Gasteiger partial charge is 0.312 e. The van der Waals surface area contributed by atoms with Crippen molar-refractivity contribution in [2.45, 2.75) is 71.8 Å². The third kappa shape index (κ3) is 6.48. The van der Waals surface area contributed by atoms with Gasteiger partial charge in [0.25, 0.3) is 0 Å². The number of ketones is 1. The normalized spacial score (nSPS) is 20.4. The minimum Gasteiger partial charge on any atom is -0.312 e. The first kappa shape index (κ1) is 24.0. The lowest BCUT2D eigenvalue weighted by Gasteiger charge is -2.26. The molecule has 2 aromatic rings. The summed E-state index contributed by atoms with van der Waals surface area (Å²) in [5.41, 5.74) is 2.22. The lowest BCUT2D eigenvalue weighted by Crippen LogP contribution is -2.29. The van der Waals surface area contributed by atoms with E-state index in [-0.39, 0.29) is 17.6 Å². The van der Waals surface area contributed by atoms with Gasteiger partial charge in [0.2, 0.25) is 5.91 Å². The van der Waals surface area contributed by atoms with E-state index in [0.29, 0.717) is 30.3 Å². The van der Waals surface area contributed by atoms with E-state index in [1.807, 2.05) is 4.90 Å². The summed E-state index contributed by atoms with van der Waals surface area (Å²) in [6, 6.07) is 8.38. The van der Waals surface area contributed by atoms with Gasteiger partial charge in [-0.2, -0.15) is 0 Å². The van der Waals surface area contributed by atoms with Crippen molar-refractivity contribution in [3.63, 3.8) is 0 Å². The molecule has 0 saturated carbocycles. The number of piperidine rings is 1. The first-order chi connectivity index (χ1) is 16.0. The highest BCUT2D eigenvalue weighted by Gasteiger charge is 2.32. The molecule has 2 unspecified atom stereocenters. The van der Waals surface area contributed by atoms with Crippen LogP contribution in [0, 0.1) is 11.8 Å². The van der Waals surface area contributed by atoms with Crippen LogP contribution in [0.4, 0.5) is 5.69 Å². The third-order valence-corrected chi connectivity index (χ3v) is 8.06. The molecule has 4 rings (SSSR count). The van der Waals surface area contributed by atoms with Crippen LogP contribution < -0.4 is 4.90 Å². The second-order valence-corrected chi connectivity index (χ2v) is 10.8. The van der Waals surface area contributed by atoms with Gasteiger partial charge >= 0.3 is 0 Å². The highest BCUT2D eigenvalue weighted by atomic mass is 32.1. The molecule has 0 spiro atoms. The third-order valence-electron chi connectivity index (χ3n) is 7.04. The number of aryl methyl sites for hydroxylation is 1. The molecule has 1 amide bonds. The van der Waals surface area contributed by atoms with E-state index >= 15 is 0 Å². The molecule has 2 saturated heterocycles. The van der Waals surface area contributed by atoms with E-state index in [0.717, 1.165) is 36.5 Å². The van der Waals surface area contributed by atoms with Crippen molar-refractivity contribution in [3.8, 4) is 0 Å². The maximum Gasteiger partial charge on any atom is 0.227 e. The molecule has 1 aromatic carbocycles. The molecule has 33 heavy (non-hydrogen) atoms. The SMILES string of the molecule is CCC(C)CCc1nnc(C(=O)CC2CC(=O)N(c3ccc(CN4CCCCC4)cc3)C2)s1. The molecule has 0 aliphatic carbocycles. The second-order valence-electron chi connectivity index (χ2n) is 9.76. The molecule has 2 atom stereocenters. The summed E-state index contributed by atoms with van der Waals surface area (Å²) in [5, 5.41) is 9.77. The van der Waals surface area contributed by atoms with E-state index in [2.05, 4.69) is 53.2 Å². The van der Waals surface area contributed by atoms with Gasteiger partial charge in [-0.3, -0.25) is 14.5 Å². The van der Waals surface area contributed by atoms with Gasteiger partial charge in [0.1, 0.15) is 5.01 Å². The van der Waals surface area contributed by atoms with Crippen molar-refractivity contribution in [2.24, 2.45) is 11.8 Å². The number of amides is 1. The number of carbonyl (C=O) groups excluding carboxylic acids is 2. The molecule has 2 aliphatic rings. The Balaban J connectivity index is 1.29. The molecule has 1 aromatic heterocycles. The van der Waals surface area contributed by atoms with Crippen LogP contribution in [0.25, 0.3) is 0 Å². The minimum absolute atomic E-state index is 0.0128. The first-order valence-corrected chi connectivity index (χ1v) is 13.3. The number of aromatic nitrogens is 2. The van der Waals surface area contributed by atoms with Crippen molar-refractivity contribution >= 4 is 28.7 Å². The number of hydrogen-bond acceptors (Lipinski definition) is 6. The predicted molar refractivity (Wildman–Crippen MR) is 133 cm³/mol. The fourth-order valence-corrected chi connectivity index (χ4v) is 5.52. The molecule has 2 fully saturated rings. The average molecular weight is 469 g/mol. The van der Waals surface area contributed by atoms with Crippen LogP contribution in [0.5, 0.6) is 0 Å². The van der Waals surface area contributed by atoms with E-state index in [9.17, 15) is 9.59 Å². The summed E-state index contributed by atoms with van der Waals surface area (Å²) in [5.74, 6) is 0.801. The standard InChI is InChI=1S/C26H36N4O2S/c1-3-19(2)7-12-24-27-28-26(33-24)23(31)15-21-16-25(32)30(18-21)22-10-8-20(9-11-22)17-29-13-5-4-6-14-29/h8-11,19,21H,3-7,12-18H2,1-2H3. The number of anilines is 1. The quantitative estimate of drug-likeness (QED) is 0.452. The monoisotopic (exact) mass is 468 g/mol. The fourth-order valence-electron chi connectivity index (χ4n) is 4.72. The smallest absolute Gasteiger partial charge is 0.227 e. The molecule has 0 radical (unpaired) electrons. The van der Waals surface area contributed by atoms with Crippen LogP contribution in [0.3, 0.4) is 0 Å². The summed E-state index contributed by atoms with van der Waals surface area (Å²) in [4.78, 5) is 29.8. The van der Waals surface area contributed by atoms with Gasteiger partial charge < -0.3 is 4.90 Å². The van der Waals surface area contributed by atoms with Gasteiger partial charge in [-0.1, -0.05) is 50.2 Å².